The van der Waals surface area contributed by atoms with E-state index in [2.05, 4.69) is 0 Å². The van der Waals surface area contributed by atoms with Crippen molar-refractivity contribution < 1.29 is 17.2 Å². The number of alkyl halides is 2. The van der Waals surface area contributed by atoms with Gasteiger partial charge in [-0.25, -0.2) is 8.42 Å². The van der Waals surface area contributed by atoms with Gasteiger partial charge in [-0.05, 0) is 11.6 Å². The van der Waals surface area contributed by atoms with E-state index in [1.807, 2.05) is 0 Å². The Morgan fingerprint density at radius 3 is 2.44 bits per heavy atom. The Morgan fingerprint density at radius 1 is 1.38 bits per heavy atom. The van der Waals surface area contributed by atoms with Crippen molar-refractivity contribution >= 4 is 15.7 Å². The van der Waals surface area contributed by atoms with E-state index < -0.39 is 15.8 Å². The second kappa shape index (κ2) is 4.75. The number of rotatable bonds is 4. The summed E-state index contributed by atoms with van der Waals surface area (Å²) in [6.07, 6.45) is 0. The monoisotopic (exact) mass is 250 g/mol. The molecule has 0 atom stereocenters. The second-order valence-electron chi connectivity index (χ2n) is 3.11. The third kappa shape index (κ3) is 2.30. The molecule has 0 aliphatic rings. The summed E-state index contributed by atoms with van der Waals surface area (Å²) in [6.45, 7) is 0.0826. The van der Waals surface area contributed by atoms with Crippen LogP contribution in [-0.4, -0.2) is 21.2 Å². The van der Waals surface area contributed by atoms with Crippen molar-refractivity contribution in [1.29, 1.82) is 0 Å². The first-order valence-corrected chi connectivity index (χ1v) is 5.95. The van der Waals surface area contributed by atoms with Crippen molar-refractivity contribution in [3.05, 3.63) is 29.8 Å². The van der Waals surface area contributed by atoms with Crippen molar-refractivity contribution in [3.63, 3.8) is 0 Å². The summed E-state index contributed by atoms with van der Waals surface area (Å²) < 4.78 is 47.7. The summed E-state index contributed by atoms with van der Waals surface area (Å²) in [5, 5.41) is 0. The van der Waals surface area contributed by atoms with Gasteiger partial charge in [-0.15, -0.1) is 0 Å². The minimum absolute atomic E-state index is 0.0826. The van der Waals surface area contributed by atoms with Crippen molar-refractivity contribution in [2.45, 2.75) is 12.3 Å². The Hall–Kier alpha value is -1.21. The minimum atomic E-state index is -4.62. The van der Waals surface area contributed by atoms with Crippen molar-refractivity contribution in [2.75, 3.05) is 11.4 Å². The van der Waals surface area contributed by atoms with Crippen LogP contribution in [0.2, 0.25) is 0 Å². The molecule has 0 fully saturated rings. The van der Waals surface area contributed by atoms with E-state index in [0.717, 1.165) is 7.05 Å². The van der Waals surface area contributed by atoms with Gasteiger partial charge in [0.05, 0.1) is 5.69 Å². The molecule has 0 saturated carbocycles. The Labute approximate surface area is 92.7 Å². The first-order chi connectivity index (χ1) is 7.41. The summed E-state index contributed by atoms with van der Waals surface area (Å²) >= 11 is 0. The maximum absolute atomic E-state index is 12.3. The standard InChI is InChI=1S/C9H12F2N2O2S/c1-13(16(14,15)9(10)11)8-5-3-2-4-7(8)6-12/h2-5,9H,6,12H2,1H3. The largest absolute Gasteiger partial charge is 0.355 e. The van der Waals surface area contributed by atoms with E-state index in [4.69, 9.17) is 5.73 Å². The van der Waals surface area contributed by atoms with Gasteiger partial charge in [-0.1, -0.05) is 18.2 Å². The lowest BCUT2D eigenvalue weighted by Gasteiger charge is -2.21. The van der Waals surface area contributed by atoms with Crippen LogP contribution in [0, 0.1) is 0 Å². The van der Waals surface area contributed by atoms with Crippen LogP contribution >= 0.6 is 0 Å². The molecule has 0 saturated heterocycles. The summed E-state index contributed by atoms with van der Waals surface area (Å²) in [5.74, 6) is -3.44. The number of nitrogens with two attached hydrogens (primary N) is 1. The van der Waals surface area contributed by atoms with Crippen LogP contribution < -0.4 is 10.0 Å². The molecule has 2 N–H and O–H groups in total. The van der Waals surface area contributed by atoms with E-state index in [1.54, 1.807) is 18.2 Å². The van der Waals surface area contributed by atoms with Crippen molar-refractivity contribution in [2.24, 2.45) is 5.73 Å². The molecule has 0 aliphatic heterocycles. The molecule has 1 aromatic rings. The molecule has 90 valence electrons. The number of benzene rings is 1. The highest BCUT2D eigenvalue weighted by molar-refractivity contribution is 7.93. The highest BCUT2D eigenvalue weighted by Gasteiger charge is 2.30. The van der Waals surface area contributed by atoms with Crippen LogP contribution in [-0.2, 0) is 16.6 Å². The van der Waals surface area contributed by atoms with Crippen LogP contribution in [0.1, 0.15) is 5.56 Å². The highest BCUT2D eigenvalue weighted by Crippen LogP contribution is 2.23. The number of hydrogen-bond acceptors (Lipinski definition) is 3. The fraction of sp³-hybridized carbons (Fsp3) is 0.333. The Bertz CT molecular complexity index is 462. The van der Waals surface area contributed by atoms with E-state index in [9.17, 15) is 17.2 Å². The first kappa shape index (κ1) is 12.9. The van der Waals surface area contributed by atoms with Gasteiger partial charge in [-0.2, -0.15) is 8.78 Å². The first-order valence-electron chi connectivity index (χ1n) is 4.45. The van der Waals surface area contributed by atoms with E-state index >= 15 is 0 Å². The SMILES string of the molecule is CN(c1ccccc1CN)S(=O)(=O)C(F)F. The molecule has 0 unspecified atom stereocenters. The molecule has 1 aromatic carbocycles. The van der Waals surface area contributed by atoms with Gasteiger partial charge in [0.15, 0.2) is 0 Å². The fourth-order valence-corrected chi connectivity index (χ4v) is 1.94. The van der Waals surface area contributed by atoms with E-state index in [1.165, 1.54) is 6.07 Å². The smallest absolute Gasteiger partial charge is 0.326 e. The van der Waals surface area contributed by atoms with Crippen LogP contribution in [0.25, 0.3) is 0 Å². The van der Waals surface area contributed by atoms with Gasteiger partial charge in [0.25, 0.3) is 10.0 Å². The number of halogens is 2. The van der Waals surface area contributed by atoms with Crippen molar-refractivity contribution in [3.8, 4) is 0 Å². The molecule has 1 rings (SSSR count). The maximum Gasteiger partial charge on any atom is 0.355 e. The number of para-hydroxylation sites is 1. The van der Waals surface area contributed by atoms with Crippen LogP contribution in [0.5, 0.6) is 0 Å². The molecule has 0 bridgehead atoms. The molecular formula is C9H12F2N2O2S. The van der Waals surface area contributed by atoms with Gasteiger partial charge in [0.1, 0.15) is 0 Å². The average molecular weight is 250 g/mol. The third-order valence-electron chi connectivity index (χ3n) is 2.16. The van der Waals surface area contributed by atoms with Gasteiger partial charge >= 0.3 is 5.76 Å². The number of hydrogen-bond donors (Lipinski definition) is 1. The zero-order valence-electron chi connectivity index (χ0n) is 8.60. The fourth-order valence-electron chi connectivity index (χ4n) is 1.25. The lowest BCUT2D eigenvalue weighted by Crippen LogP contribution is -2.32. The molecule has 0 radical (unpaired) electrons. The average Bonchev–Trinajstić information content (AvgIpc) is 2.27. The molecule has 0 aliphatic carbocycles. The molecule has 0 aromatic heterocycles. The molecule has 16 heavy (non-hydrogen) atoms. The van der Waals surface area contributed by atoms with Gasteiger partial charge in [0.2, 0.25) is 0 Å². The number of nitrogens with zero attached hydrogens (tertiary/aromatic N) is 1. The highest BCUT2D eigenvalue weighted by atomic mass is 32.2. The summed E-state index contributed by atoms with van der Waals surface area (Å²) in [4.78, 5) is 0. The van der Waals surface area contributed by atoms with Crippen LogP contribution in [0.15, 0.2) is 24.3 Å². The van der Waals surface area contributed by atoms with E-state index in [-0.39, 0.29) is 12.2 Å². The van der Waals surface area contributed by atoms with Gasteiger partial charge in [-0.3, -0.25) is 4.31 Å². The third-order valence-corrected chi connectivity index (χ3v) is 3.57. The quantitative estimate of drug-likeness (QED) is 0.871. The van der Waals surface area contributed by atoms with Gasteiger partial charge in [0, 0.05) is 13.6 Å². The van der Waals surface area contributed by atoms with Crippen molar-refractivity contribution in [1.82, 2.24) is 0 Å². The Balaban J connectivity index is 3.20. The van der Waals surface area contributed by atoms with Crippen LogP contribution in [0.4, 0.5) is 14.5 Å². The summed E-state index contributed by atoms with van der Waals surface area (Å²) in [5.41, 5.74) is 6.07. The lowest BCUT2D eigenvalue weighted by molar-refractivity contribution is 0.234. The molecular weight excluding hydrogens is 238 g/mol. The zero-order chi connectivity index (χ0) is 12.3. The Morgan fingerprint density at radius 2 is 1.94 bits per heavy atom. The molecule has 0 heterocycles. The maximum atomic E-state index is 12.3. The van der Waals surface area contributed by atoms with Crippen LogP contribution in [0.3, 0.4) is 0 Å². The van der Waals surface area contributed by atoms with Gasteiger partial charge < -0.3 is 5.73 Å². The predicted octanol–water partition coefficient (Wildman–Crippen LogP) is 1.13. The number of sulfonamides is 1. The summed E-state index contributed by atoms with van der Waals surface area (Å²) in [7, 11) is -3.54. The molecule has 0 spiro atoms. The lowest BCUT2D eigenvalue weighted by atomic mass is 10.2. The van der Waals surface area contributed by atoms with E-state index in [0.29, 0.717) is 9.87 Å². The normalized spacial score (nSPS) is 11.8. The molecule has 4 nitrogen and oxygen atoms in total. The molecule has 0 amide bonds. The minimum Gasteiger partial charge on any atom is -0.326 e. The number of anilines is 1. The second-order valence-corrected chi connectivity index (χ2v) is 5.04. The Kier molecular flexibility index (Phi) is 3.82. The predicted molar refractivity (Wildman–Crippen MR) is 57.7 cm³/mol. The zero-order valence-corrected chi connectivity index (χ0v) is 9.42. The topological polar surface area (TPSA) is 63.4 Å². The summed E-state index contributed by atoms with van der Waals surface area (Å²) in [6, 6.07) is 6.25. The molecule has 7 heteroatoms.